The molecule has 0 amide bonds. The first kappa shape index (κ1) is 19.5. The standard InChI is InChI=1S/C21H16BrN3O3S/c22-18-12-16(21-24-23-20(29-21)15-4-2-1-3-5-15)8-11-19(18)28-13-14-6-9-17(10-7-14)25(26)27/h1-12,21,24H,13H2/t21-/m0/s1. The molecule has 0 unspecified atom stereocenters. The maximum absolute atomic E-state index is 10.7. The van der Waals surface area contributed by atoms with Crippen molar-refractivity contribution in [2.75, 3.05) is 0 Å². The maximum atomic E-state index is 10.7. The van der Waals surface area contributed by atoms with Crippen molar-refractivity contribution >= 4 is 38.4 Å². The number of hydrogen-bond acceptors (Lipinski definition) is 6. The van der Waals surface area contributed by atoms with Gasteiger partial charge in [0.1, 0.15) is 22.8 Å². The summed E-state index contributed by atoms with van der Waals surface area (Å²) in [4.78, 5) is 10.3. The molecule has 4 rings (SSSR count). The zero-order valence-corrected chi connectivity index (χ0v) is 17.5. The van der Waals surface area contributed by atoms with E-state index >= 15 is 0 Å². The third-order valence-electron chi connectivity index (χ3n) is 4.33. The molecule has 3 aromatic rings. The summed E-state index contributed by atoms with van der Waals surface area (Å²) in [5.41, 5.74) is 6.28. The number of halogens is 1. The zero-order chi connectivity index (χ0) is 20.2. The Morgan fingerprint density at radius 1 is 1.10 bits per heavy atom. The first-order chi connectivity index (χ1) is 14.1. The lowest BCUT2D eigenvalue weighted by atomic mass is 10.2. The van der Waals surface area contributed by atoms with Crippen molar-refractivity contribution in [1.82, 2.24) is 5.43 Å². The van der Waals surface area contributed by atoms with Gasteiger partial charge in [-0.2, -0.15) is 5.10 Å². The Hall–Kier alpha value is -2.84. The predicted molar refractivity (Wildman–Crippen MR) is 118 cm³/mol. The Morgan fingerprint density at radius 3 is 2.55 bits per heavy atom. The first-order valence-corrected chi connectivity index (χ1v) is 10.5. The minimum atomic E-state index is -0.415. The minimum Gasteiger partial charge on any atom is -0.488 e. The molecule has 0 saturated heterocycles. The molecule has 0 aliphatic carbocycles. The first-order valence-electron chi connectivity index (χ1n) is 8.81. The number of nitrogens with zero attached hydrogens (tertiary/aromatic N) is 2. The van der Waals surface area contributed by atoms with Crippen LogP contribution in [-0.2, 0) is 6.61 Å². The highest BCUT2D eigenvalue weighted by atomic mass is 79.9. The van der Waals surface area contributed by atoms with E-state index in [4.69, 9.17) is 4.74 Å². The SMILES string of the molecule is O=[N+]([O-])c1ccc(COc2ccc([C@H]3NN=C(c4ccccc4)S3)cc2Br)cc1. The molecule has 1 heterocycles. The number of nitro benzene ring substituents is 1. The number of rotatable bonds is 6. The van der Waals surface area contributed by atoms with Gasteiger partial charge in [0.05, 0.1) is 9.40 Å². The number of thioether (sulfide) groups is 1. The normalized spacial score (nSPS) is 15.5. The second-order valence-corrected chi connectivity index (χ2v) is 8.26. The zero-order valence-electron chi connectivity index (χ0n) is 15.1. The minimum absolute atomic E-state index is 0.0326. The van der Waals surface area contributed by atoms with E-state index in [0.29, 0.717) is 12.4 Å². The molecule has 8 heteroatoms. The largest absolute Gasteiger partial charge is 0.488 e. The molecule has 6 nitrogen and oxygen atoms in total. The van der Waals surface area contributed by atoms with Crippen LogP contribution in [0.3, 0.4) is 0 Å². The summed E-state index contributed by atoms with van der Waals surface area (Å²) in [7, 11) is 0. The summed E-state index contributed by atoms with van der Waals surface area (Å²) < 4.78 is 6.70. The quantitative estimate of drug-likeness (QED) is 0.373. The van der Waals surface area contributed by atoms with Gasteiger partial charge in [-0.15, -0.1) is 0 Å². The highest BCUT2D eigenvalue weighted by Gasteiger charge is 2.22. The summed E-state index contributed by atoms with van der Waals surface area (Å²) in [5.74, 6) is 0.708. The molecular weight excluding hydrogens is 454 g/mol. The van der Waals surface area contributed by atoms with Gasteiger partial charge in [0, 0.05) is 17.7 Å². The molecule has 1 aliphatic rings. The van der Waals surface area contributed by atoms with Gasteiger partial charge in [-0.1, -0.05) is 48.2 Å². The van der Waals surface area contributed by atoms with Crippen LogP contribution in [0.15, 0.2) is 82.4 Å². The van der Waals surface area contributed by atoms with Crippen LogP contribution in [0.25, 0.3) is 0 Å². The molecule has 1 aliphatic heterocycles. The molecule has 0 radical (unpaired) electrons. The fraction of sp³-hybridized carbons (Fsp3) is 0.0952. The van der Waals surface area contributed by atoms with Gasteiger partial charge in [-0.25, -0.2) is 0 Å². The van der Waals surface area contributed by atoms with Crippen LogP contribution >= 0.6 is 27.7 Å². The fourth-order valence-electron chi connectivity index (χ4n) is 2.81. The van der Waals surface area contributed by atoms with Crippen molar-refractivity contribution in [2.45, 2.75) is 12.0 Å². The van der Waals surface area contributed by atoms with Crippen molar-refractivity contribution in [2.24, 2.45) is 5.10 Å². The fourth-order valence-corrected chi connectivity index (χ4v) is 4.31. The lowest BCUT2D eigenvalue weighted by Gasteiger charge is -2.13. The molecule has 146 valence electrons. The van der Waals surface area contributed by atoms with Crippen molar-refractivity contribution < 1.29 is 9.66 Å². The van der Waals surface area contributed by atoms with E-state index in [9.17, 15) is 10.1 Å². The highest BCUT2D eigenvalue weighted by Crippen LogP contribution is 2.37. The molecule has 1 atom stereocenters. The smallest absolute Gasteiger partial charge is 0.269 e. The second-order valence-electron chi connectivity index (χ2n) is 6.31. The van der Waals surface area contributed by atoms with Crippen LogP contribution in [0, 0.1) is 10.1 Å². The molecular formula is C21H16BrN3O3S. The molecule has 3 aromatic carbocycles. The Kier molecular flexibility index (Phi) is 5.82. The van der Waals surface area contributed by atoms with E-state index < -0.39 is 4.92 Å². The van der Waals surface area contributed by atoms with Crippen molar-refractivity contribution in [3.63, 3.8) is 0 Å². The summed E-state index contributed by atoms with van der Waals surface area (Å²) >= 11 is 5.24. The van der Waals surface area contributed by atoms with Gasteiger partial charge in [-0.3, -0.25) is 15.5 Å². The van der Waals surface area contributed by atoms with Crippen LogP contribution in [0.5, 0.6) is 5.75 Å². The van der Waals surface area contributed by atoms with Crippen LogP contribution in [0.4, 0.5) is 5.69 Å². The molecule has 0 saturated carbocycles. The second kappa shape index (κ2) is 8.67. The molecule has 1 N–H and O–H groups in total. The van der Waals surface area contributed by atoms with Gasteiger partial charge < -0.3 is 4.74 Å². The van der Waals surface area contributed by atoms with E-state index in [1.54, 1.807) is 23.9 Å². The van der Waals surface area contributed by atoms with E-state index in [1.807, 2.05) is 48.5 Å². The summed E-state index contributed by atoms with van der Waals surface area (Å²) in [6.07, 6.45) is 0. The topological polar surface area (TPSA) is 76.8 Å². The summed E-state index contributed by atoms with van der Waals surface area (Å²) in [6, 6.07) is 22.3. The van der Waals surface area contributed by atoms with Crippen molar-refractivity contribution in [3.05, 3.63) is 104 Å². The van der Waals surface area contributed by atoms with Crippen molar-refractivity contribution in [1.29, 1.82) is 0 Å². The van der Waals surface area contributed by atoms with E-state index in [-0.39, 0.29) is 11.1 Å². The number of ether oxygens (including phenoxy) is 1. The van der Waals surface area contributed by atoms with Crippen LogP contribution in [-0.4, -0.2) is 9.97 Å². The molecule has 0 bridgehead atoms. The van der Waals surface area contributed by atoms with E-state index in [2.05, 4.69) is 26.5 Å². The van der Waals surface area contributed by atoms with Gasteiger partial charge >= 0.3 is 0 Å². The average Bonchev–Trinajstić information content (AvgIpc) is 3.24. The summed E-state index contributed by atoms with van der Waals surface area (Å²) in [5, 5.41) is 16.2. The lowest BCUT2D eigenvalue weighted by Crippen LogP contribution is -2.06. The number of non-ortho nitro benzene ring substituents is 1. The summed E-state index contributed by atoms with van der Waals surface area (Å²) in [6.45, 7) is 0.327. The lowest BCUT2D eigenvalue weighted by molar-refractivity contribution is -0.384. The Labute approximate surface area is 180 Å². The number of nitro groups is 1. The third-order valence-corrected chi connectivity index (χ3v) is 6.12. The van der Waals surface area contributed by atoms with Crippen LogP contribution < -0.4 is 10.2 Å². The Morgan fingerprint density at radius 2 is 1.86 bits per heavy atom. The van der Waals surface area contributed by atoms with Crippen molar-refractivity contribution in [3.8, 4) is 5.75 Å². The van der Waals surface area contributed by atoms with E-state index in [0.717, 1.165) is 26.2 Å². The number of hydrogen-bond donors (Lipinski definition) is 1. The van der Waals surface area contributed by atoms with E-state index in [1.165, 1.54) is 12.1 Å². The highest BCUT2D eigenvalue weighted by molar-refractivity contribution is 9.10. The average molecular weight is 470 g/mol. The Bertz CT molecular complexity index is 1060. The number of nitrogens with one attached hydrogen (secondary N) is 1. The molecule has 29 heavy (non-hydrogen) atoms. The van der Waals surface area contributed by atoms with Crippen LogP contribution in [0.1, 0.15) is 22.1 Å². The number of benzene rings is 3. The Balaban J connectivity index is 1.39. The van der Waals surface area contributed by atoms with Crippen LogP contribution in [0.2, 0.25) is 0 Å². The molecule has 0 aromatic heterocycles. The predicted octanol–water partition coefficient (Wildman–Crippen LogP) is 5.63. The third kappa shape index (κ3) is 4.60. The maximum Gasteiger partial charge on any atom is 0.269 e. The van der Waals surface area contributed by atoms with Gasteiger partial charge in [0.2, 0.25) is 0 Å². The number of hydrazone groups is 1. The molecule has 0 spiro atoms. The van der Waals surface area contributed by atoms with Gasteiger partial charge in [-0.05, 0) is 51.3 Å². The monoisotopic (exact) mass is 469 g/mol. The van der Waals surface area contributed by atoms with Gasteiger partial charge in [0.25, 0.3) is 5.69 Å². The van der Waals surface area contributed by atoms with Gasteiger partial charge in [0.15, 0.2) is 0 Å². The molecule has 0 fully saturated rings.